The van der Waals surface area contributed by atoms with Crippen LogP contribution in [0.3, 0.4) is 0 Å². The van der Waals surface area contributed by atoms with Crippen LogP contribution in [0.15, 0.2) is 36.4 Å². The Kier molecular flexibility index (Phi) is 4.15. The van der Waals surface area contributed by atoms with Crippen molar-refractivity contribution in [1.29, 1.82) is 0 Å². The molecule has 1 aromatic heterocycles. The van der Waals surface area contributed by atoms with Gasteiger partial charge < -0.3 is 10.1 Å². The van der Waals surface area contributed by atoms with Gasteiger partial charge >= 0.3 is 0 Å². The van der Waals surface area contributed by atoms with Crippen LogP contribution in [0.25, 0.3) is 0 Å². The largest absolute Gasteiger partial charge is 0.473 e. The molecule has 1 aromatic carbocycles. The van der Waals surface area contributed by atoms with Crippen molar-refractivity contribution in [3.63, 3.8) is 0 Å². The van der Waals surface area contributed by atoms with Crippen LogP contribution in [0.5, 0.6) is 5.88 Å². The van der Waals surface area contributed by atoms with Crippen LogP contribution in [0, 0.1) is 12.7 Å². The number of aryl methyl sites for hydroxylation is 1. The molecular weight excluding hydrogens is 267 g/mol. The Labute approximate surface area is 124 Å². The molecule has 0 bridgehead atoms. The minimum absolute atomic E-state index is 0.193. The van der Waals surface area contributed by atoms with E-state index in [2.05, 4.69) is 10.3 Å². The van der Waals surface area contributed by atoms with Crippen molar-refractivity contribution < 1.29 is 9.13 Å². The van der Waals surface area contributed by atoms with Gasteiger partial charge in [-0.25, -0.2) is 9.37 Å². The third kappa shape index (κ3) is 3.79. The zero-order valence-electron chi connectivity index (χ0n) is 12.1. The maximum atomic E-state index is 13.5. The van der Waals surface area contributed by atoms with E-state index in [1.165, 1.54) is 24.5 Å². The molecule has 1 fully saturated rings. The number of aromatic nitrogens is 1. The first-order chi connectivity index (χ1) is 10.2. The van der Waals surface area contributed by atoms with Crippen molar-refractivity contribution in [2.24, 2.45) is 0 Å². The van der Waals surface area contributed by atoms with Crippen LogP contribution in [0.4, 0.5) is 4.39 Å². The van der Waals surface area contributed by atoms with E-state index in [1.807, 2.05) is 19.1 Å². The van der Waals surface area contributed by atoms with Gasteiger partial charge in [-0.2, -0.15) is 0 Å². The number of hydrogen-bond donors (Lipinski definition) is 1. The molecule has 1 aliphatic rings. The first-order valence-electron chi connectivity index (χ1n) is 7.28. The van der Waals surface area contributed by atoms with Gasteiger partial charge in [0, 0.05) is 29.9 Å². The highest BCUT2D eigenvalue weighted by atomic mass is 19.1. The number of rotatable bonds is 6. The Bertz CT molecular complexity index is 626. The second-order valence-corrected chi connectivity index (χ2v) is 5.43. The molecule has 0 amide bonds. The SMILES string of the molecule is Cc1nc(OCc2ccccc2F)ccc1CNC1CC1. The van der Waals surface area contributed by atoms with E-state index in [1.54, 1.807) is 18.2 Å². The van der Waals surface area contributed by atoms with Crippen molar-refractivity contribution in [3.8, 4) is 5.88 Å². The lowest BCUT2D eigenvalue weighted by molar-refractivity contribution is 0.287. The average Bonchev–Trinajstić information content (AvgIpc) is 3.30. The van der Waals surface area contributed by atoms with E-state index in [9.17, 15) is 4.39 Å². The predicted octanol–water partition coefficient (Wildman–Crippen LogP) is 3.36. The summed E-state index contributed by atoms with van der Waals surface area (Å²) in [5.74, 6) is 0.283. The predicted molar refractivity (Wildman–Crippen MR) is 79.6 cm³/mol. The molecule has 21 heavy (non-hydrogen) atoms. The number of benzene rings is 1. The van der Waals surface area contributed by atoms with Crippen molar-refractivity contribution in [2.75, 3.05) is 0 Å². The van der Waals surface area contributed by atoms with E-state index in [-0.39, 0.29) is 12.4 Å². The Morgan fingerprint density at radius 3 is 2.71 bits per heavy atom. The molecule has 0 spiro atoms. The smallest absolute Gasteiger partial charge is 0.213 e. The number of ether oxygens (including phenoxy) is 1. The Morgan fingerprint density at radius 1 is 1.19 bits per heavy atom. The second kappa shape index (κ2) is 6.22. The molecule has 1 saturated carbocycles. The Hall–Kier alpha value is -1.94. The zero-order chi connectivity index (χ0) is 14.7. The highest BCUT2D eigenvalue weighted by molar-refractivity contribution is 5.25. The van der Waals surface area contributed by atoms with Gasteiger partial charge in [0.2, 0.25) is 5.88 Å². The molecule has 0 radical (unpaired) electrons. The van der Waals surface area contributed by atoms with Gasteiger partial charge in [-0.15, -0.1) is 0 Å². The fourth-order valence-corrected chi connectivity index (χ4v) is 2.14. The standard InChI is InChI=1S/C17H19FN2O/c1-12-13(10-19-15-7-8-15)6-9-17(20-12)21-11-14-4-2-3-5-16(14)18/h2-6,9,15,19H,7-8,10-11H2,1H3. The molecule has 1 heterocycles. The summed E-state index contributed by atoms with van der Waals surface area (Å²) in [6, 6.07) is 11.2. The average molecular weight is 286 g/mol. The molecule has 0 atom stereocenters. The van der Waals surface area contributed by atoms with Crippen LogP contribution >= 0.6 is 0 Å². The van der Waals surface area contributed by atoms with E-state index in [4.69, 9.17) is 4.74 Å². The zero-order valence-corrected chi connectivity index (χ0v) is 12.1. The van der Waals surface area contributed by atoms with Crippen molar-refractivity contribution in [1.82, 2.24) is 10.3 Å². The molecule has 2 aromatic rings. The minimum atomic E-state index is -0.250. The van der Waals surface area contributed by atoms with Crippen LogP contribution in [0.2, 0.25) is 0 Å². The lowest BCUT2D eigenvalue weighted by Crippen LogP contribution is -2.16. The highest BCUT2D eigenvalue weighted by Crippen LogP contribution is 2.20. The Morgan fingerprint density at radius 2 is 2.00 bits per heavy atom. The van der Waals surface area contributed by atoms with E-state index in [0.717, 1.165) is 12.2 Å². The number of halogens is 1. The number of hydrogen-bond acceptors (Lipinski definition) is 3. The molecule has 0 aliphatic heterocycles. The topological polar surface area (TPSA) is 34.1 Å². The Balaban J connectivity index is 1.60. The summed E-state index contributed by atoms with van der Waals surface area (Å²) < 4.78 is 19.1. The van der Waals surface area contributed by atoms with Gasteiger partial charge in [-0.3, -0.25) is 0 Å². The van der Waals surface area contributed by atoms with E-state index in [0.29, 0.717) is 17.5 Å². The van der Waals surface area contributed by atoms with E-state index >= 15 is 0 Å². The van der Waals surface area contributed by atoms with Gasteiger partial charge in [0.1, 0.15) is 12.4 Å². The van der Waals surface area contributed by atoms with Crippen LogP contribution in [-0.2, 0) is 13.2 Å². The summed E-state index contributed by atoms with van der Waals surface area (Å²) in [6.07, 6.45) is 2.55. The summed E-state index contributed by atoms with van der Waals surface area (Å²) in [7, 11) is 0. The van der Waals surface area contributed by atoms with Gasteiger partial charge in [0.05, 0.1) is 0 Å². The fraction of sp³-hybridized carbons (Fsp3) is 0.353. The molecule has 1 aliphatic carbocycles. The number of nitrogens with one attached hydrogen (secondary N) is 1. The van der Waals surface area contributed by atoms with Gasteiger partial charge in [-0.1, -0.05) is 24.3 Å². The monoisotopic (exact) mass is 286 g/mol. The summed E-state index contributed by atoms with van der Waals surface area (Å²) in [5.41, 5.74) is 2.67. The summed E-state index contributed by atoms with van der Waals surface area (Å²) in [4.78, 5) is 4.43. The van der Waals surface area contributed by atoms with Crippen molar-refractivity contribution in [3.05, 3.63) is 59.0 Å². The molecule has 1 N–H and O–H groups in total. The molecule has 3 rings (SSSR count). The van der Waals surface area contributed by atoms with E-state index < -0.39 is 0 Å². The quantitative estimate of drug-likeness (QED) is 0.884. The fourth-order valence-electron chi connectivity index (χ4n) is 2.14. The molecule has 3 nitrogen and oxygen atoms in total. The first kappa shape index (κ1) is 14.0. The van der Waals surface area contributed by atoms with Crippen LogP contribution in [0.1, 0.15) is 29.7 Å². The second-order valence-electron chi connectivity index (χ2n) is 5.43. The highest BCUT2D eigenvalue weighted by Gasteiger charge is 2.20. The van der Waals surface area contributed by atoms with Crippen LogP contribution < -0.4 is 10.1 Å². The summed E-state index contributed by atoms with van der Waals surface area (Å²) in [6.45, 7) is 3.01. The molecular formula is C17H19FN2O. The third-order valence-electron chi connectivity index (χ3n) is 3.66. The molecule has 4 heteroatoms. The normalized spacial score (nSPS) is 14.2. The number of pyridine rings is 1. The summed E-state index contributed by atoms with van der Waals surface area (Å²) >= 11 is 0. The van der Waals surface area contributed by atoms with Gasteiger partial charge in [0.15, 0.2) is 0 Å². The first-order valence-corrected chi connectivity index (χ1v) is 7.28. The van der Waals surface area contributed by atoms with Gasteiger partial charge in [-0.05, 0) is 31.4 Å². The summed E-state index contributed by atoms with van der Waals surface area (Å²) in [5, 5.41) is 3.47. The van der Waals surface area contributed by atoms with Gasteiger partial charge in [0.25, 0.3) is 0 Å². The van der Waals surface area contributed by atoms with Crippen molar-refractivity contribution >= 4 is 0 Å². The number of nitrogens with zero attached hydrogens (tertiary/aromatic N) is 1. The molecule has 0 saturated heterocycles. The lowest BCUT2D eigenvalue weighted by atomic mass is 10.2. The maximum Gasteiger partial charge on any atom is 0.213 e. The molecule has 110 valence electrons. The van der Waals surface area contributed by atoms with Crippen molar-refractivity contribution in [2.45, 2.75) is 39.0 Å². The minimum Gasteiger partial charge on any atom is -0.473 e. The molecule has 0 unspecified atom stereocenters. The third-order valence-corrected chi connectivity index (χ3v) is 3.66. The van der Waals surface area contributed by atoms with Crippen LogP contribution in [-0.4, -0.2) is 11.0 Å². The maximum absolute atomic E-state index is 13.5. The lowest BCUT2D eigenvalue weighted by Gasteiger charge is -2.10.